The van der Waals surface area contributed by atoms with Gasteiger partial charge in [-0.05, 0) is 61.7 Å². The number of unbranched alkanes of at least 4 members (excludes halogenated alkanes) is 1. The number of methoxy groups -OCH3 is 1. The highest BCUT2D eigenvalue weighted by Crippen LogP contribution is 2.42. The molecule has 0 unspecified atom stereocenters. The minimum absolute atomic E-state index is 0.0371. The Morgan fingerprint density at radius 3 is 2.62 bits per heavy atom. The molecule has 0 aromatic heterocycles. The maximum Gasteiger partial charge on any atom is 0.295 e. The Kier molecular flexibility index (Phi) is 8.38. The Morgan fingerprint density at radius 1 is 1.08 bits per heavy atom. The molecule has 8 heteroatoms. The average molecular weight is 510 g/mol. The summed E-state index contributed by atoms with van der Waals surface area (Å²) in [6.45, 7) is 7.37. The van der Waals surface area contributed by atoms with Gasteiger partial charge in [-0.25, -0.2) is 0 Å². The number of likely N-dealkylation sites (tertiary alicyclic amines) is 1. The van der Waals surface area contributed by atoms with Crippen LogP contribution in [0.1, 0.15) is 56.3 Å². The van der Waals surface area contributed by atoms with Crippen LogP contribution in [0.4, 0.5) is 0 Å². The van der Waals surface area contributed by atoms with E-state index in [1.54, 1.807) is 24.3 Å². The zero-order valence-corrected chi connectivity index (χ0v) is 21.9. The van der Waals surface area contributed by atoms with E-state index in [0.29, 0.717) is 42.3 Å². The minimum Gasteiger partial charge on any atom is -0.507 e. The number of aliphatic hydroxyl groups is 1. The van der Waals surface area contributed by atoms with E-state index in [2.05, 4.69) is 6.92 Å². The number of amides is 1. The van der Waals surface area contributed by atoms with Crippen LogP contribution in [0.15, 0.2) is 42.0 Å². The van der Waals surface area contributed by atoms with Crippen molar-refractivity contribution in [1.29, 1.82) is 0 Å². The van der Waals surface area contributed by atoms with Crippen molar-refractivity contribution in [2.45, 2.75) is 52.2 Å². The number of carbonyl (C=O) groups is 2. The van der Waals surface area contributed by atoms with Gasteiger partial charge >= 0.3 is 0 Å². The van der Waals surface area contributed by atoms with E-state index >= 15 is 0 Å². The molecule has 198 valence electrons. The first-order valence-corrected chi connectivity index (χ1v) is 12.9. The van der Waals surface area contributed by atoms with Crippen molar-refractivity contribution in [3.8, 4) is 17.2 Å². The van der Waals surface area contributed by atoms with Crippen molar-refractivity contribution in [2.75, 3.05) is 33.5 Å². The molecule has 1 N–H and O–H groups in total. The summed E-state index contributed by atoms with van der Waals surface area (Å²) in [5, 5.41) is 11.4. The maximum absolute atomic E-state index is 13.3. The zero-order valence-electron chi connectivity index (χ0n) is 21.9. The smallest absolute Gasteiger partial charge is 0.295 e. The summed E-state index contributed by atoms with van der Waals surface area (Å²) in [5.41, 5.74) is 2.10. The summed E-state index contributed by atoms with van der Waals surface area (Å²) in [6, 6.07) is 9.91. The van der Waals surface area contributed by atoms with Gasteiger partial charge in [-0.3, -0.25) is 9.59 Å². The highest BCUT2D eigenvalue weighted by molar-refractivity contribution is 6.46. The van der Waals surface area contributed by atoms with E-state index in [0.717, 1.165) is 24.2 Å². The van der Waals surface area contributed by atoms with Crippen molar-refractivity contribution >= 4 is 17.4 Å². The van der Waals surface area contributed by atoms with Crippen LogP contribution in [0.25, 0.3) is 5.76 Å². The fourth-order valence-electron chi connectivity index (χ4n) is 4.78. The first-order valence-electron chi connectivity index (χ1n) is 12.9. The lowest BCUT2D eigenvalue weighted by atomic mass is 9.94. The highest BCUT2D eigenvalue weighted by Gasteiger charge is 2.46. The number of ketones is 1. The lowest BCUT2D eigenvalue weighted by molar-refractivity contribution is -0.140. The largest absolute Gasteiger partial charge is 0.507 e. The number of hydrogen-bond acceptors (Lipinski definition) is 7. The summed E-state index contributed by atoms with van der Waals surface area (Å²) in [4.78, 5) is 27.9. The molecule has 0 aliphatic carbocycles. The lowest BCUT2D eigenvalue weighted by Crippen LogP contribution is -2.32. The molecule has 2 heterocycles. The van der Waals surface area contributed by atoms with E-state index in [4.69, 9.17) is 18.9 Å². The fraction of sp³-hybridized carbons (Fsp3) is 0.448. The van der Waals surface area contributed by atoms with Gasteiger partial charge in [0.05, 0.1) is 31.4 Å². The van der Waals surface area contributed by atoms with Crippen LogP contribution in [-0.2, 0) is 20.7 Å². The topological polar surface area (TPSA) is 94.5 Å². The molecule has 2 atom stereocenters. The predicted octanol–water partition coefficient (Wildman–Crippen LogP) is 4.66. The van der Waals surface area contributed by atoms with E-state index in [1.165, 1.54) is 12.0 Å². The second-order valence-corrected chi connectivity index (χ2v) is 9.28. The van der Waals surface area contributed by atoms with Crippen LogP contribution >= 0.6 is 0 Å². The second kappa shape index (κ2) is 11.7. The number of ether oxygens (including phenoxy) is 4. The third-order valence-corrected chi connectivity index (χ3v) is 6.58. The Balaban J connectivity index is 1.79. The number of Topliss-reactive ketones (excluding diaryl/α,β-unsaturated/α-hetero) is 1. The van der Waals surface area contributed by atoms with E-state index < -0.39 is 17.7 Å². The van der Waals surface area contributed by atoms with E-state index in [1.807, 2.05) is 26.0 Å². The number of aliphatic hydroxyl groups excluding tert-OH is 1. The number of fused-ring (bicyclic) bond motifs is 1. The first-order chi connectivity index (χ1) is 17.9. The van der Waals surface area contributed by atoms with Crippen LogP contribution in [0, 0.1) is 0 Å². The molecule has 0 radical (unpaired) electrons. The van der Waals surface area contributed by atoms with Gasteiger partial charge in [0.1, 0.15) is 17.6 Å². The van der Waals surface area contributed by atoms with Gasteiger partial charge in [0, 0.05) is 25.6 Å². The van der Waals surface area contributed by atoms with Crippen LogP contribution in [0.3, 0.4) is 0 Å². The Labute approximate surface area is 217 Å². The van der Waals surface area contributed by atoms with Crippen molar-refractivity contribution in [3.63, 3.8) is 0 Å². The Hall–Kier alpha value is -3.52. The molecule has 2 aromatic carbocycles. The third-order valence-electron chi connectivity index (χ3n) is 6.58. The summed E-state index contributed by atoms with van der Waals surface area (Å²) in [7, 11) is 1.54. The predicted molar refractivity (Wildman–Crippen MR) is 139 cm³/mol. The molecule has 8 nitrogen and oxygen atoms in total. The Morgan fingerprint density at radius 2 is 1.89 bits per heavy atom. The van der Waals surface area contributed by atoms with Gasteiger partial charge in [-0.1, -0.05) is 19.4 Å². The molecule has 1 saturated heterocycles. The summed E-state index contributed by atoms with van der Waals surface area (Å²) in [6.07, 6.45) is 2.67. The highest BCUT2D eigenvalue weighted by atomic mass is 16.5. The molecular weight excluding hydrogens is 474 g/mol. The molecular formula is C29H35NO7. The molecule has 2 aliphatic rings. The molecule has 0 spiro atoms. The molecule has 0 bridgehead atoms. The molecule has 2 aromatic rings. The number of benzene rings is 2. The minimum atomic E-state index is -0.803. The lowest BCUT2D eigenvalue weighted by Gasteiger charge is -2.26. The van der Waals surface area contributed by atoms with Gasteiger partial charge in [-0.15, -0.1) is 0 Å². The van der Waals surface area contributed by atoms with Crippen LogP contribution in [0.5, 0.6) is 17.2 Å². The normalized spacial score (nSPS) is 20.2. The first kappa shape index (κ1) is 26.5. The molecule has 0 saturated carbocycles. The van der Waals surface area contributed by atoms with Crippen molar-refractivity contribution in [3.05, 3.63) is 58.7 Å². The van der Waals surface area contributed by atoms with Crippen LogP contribution in [-0.4, -0.2) is 61.3 Å². The van der Waals surface area contributed by atoms with Crippen molar-refractivity contribution < 1.29 is 33.6 Å². The van der Waals surface area contributed by atoms with Gasteiger partial charge in [0.25, 0.3) is 11.7 Å². The Bertz CT molecular complexity index is 1190. The molecule has 4 rings (SSSR count). The number of nitrogens with zero attached hydrogens (tertiary/aromatic N) is 1. The van der Waals surface area contributed by atoms with Crippen LogP contribution in [0.2, 0.25) is 0 Å². The third kappa shape index (κ3) is 5.44. The molecule has 2 aliphatic heterocycles. The van der Waals surface area contributed by atoms with E-state index in [9.17, 15) is 14.7 Å². The number of rotatable bonds is 11. The molecule has 1 amide bonds. The maximum atomic E-state index is 13.3. The summed E-state index contributed by atoms with van der Waals surface area (Å²) in [5.74, 6) is 0.263. The SMILES string of the molecule is CCCCOc1ccc([C@@H]2/C(=C(\O)c3ccc4c(c3)C[C@H](C)O4)C(=O)C(=O)N2CCOC)cc1OCC. The number of carbonyl (C=O) groups excluding carboxylic acids is 2. The second-order valence-electron chi connectivity index (χ2n) is 9.28. The van der Waals surface area contributed by atoms with Gasteiger partial charge in [0.15, 0.2) is 11.5 Å². The van der Waals surface area contributed by atoms with Crippen LogP contribution < -0.4 is 14.2 Å². The quantitative estimate of drug-likeness (QED) is 0.204. The average Bonchev–Trinajstić information content (AvgIpc) is 3.38. The van der Waals surface area contributed by atoms with Gasteiger partial charge in [-0.2, -0.15) is 0 Å². The van der Waals surface area contributed by atoms with Crippen molar-refractivity contribution in [2.24, 2.45) is 0 Å². The fourth-order valence-corrected chi connectivity index (χ4v) is 4.78. The molecule has 37 heavy (non-hydrogen) atoms. The summed E-state index contributed by atoms with van der Waals surface area (Å²) >= 11 is 0. The molecule has 1 fully saturated rings. The number of hydrogen-bond donors (Lipinski definition) is 1. The summed E-state index contributed by atoms with van der Waals surface area (Å²) < 4.78 is 22.7. The van der Waals surface area contributed by atoms with Gasteiger partial charge in [0.2, 0.25) is 0 Å². The van der Waals surface area contributed by atoms with E-state index in [-0.39, 0.29) is 30.6 Å². The standard InChI is InChI=1S/C29H35NO7/c1-5-7-13-36-23-11-8-19(17-24(23)35-6-2)26-25(28(32)29(33)30(26)12-14-34-4)27(31)20-9-10-22-21(16-20)15-18(3)37-22/h8-11,16-18,26,31H,5-7,12-15H2,1-4H3/b27-25+/t18-,26+/m0/s1. The monoisotopic (exact) mass is 509 g/mol. The zero-order chi connectivity index (χ0) is 26.5. The van der Waals surface area contributed by atoms with Gasteiger partial charge < -0.3 is 29.0 Å². The van der Waals surface area contributed by atoms with Crippen molar-refractivity contribution in [1.82, 2.24) is 4.90 Å².